The molecule has 148 valence electrons. The molecule has 4 amide bonds. The molecule has 1 aliphatic rings. The number of carbonyl (C=O) groups is 3. The summed E-state index contributed by atoms with van der Waals surface area (Å²) in [7, 11) is 0. The van der Waals surface area contributed by atoms with Crippen LogP contribution in [0.15, 0.2) is 24.3 Å². The molecule has 0 radical (unpaired) electrons. The first-order valence-corrected chi connectivity index (χ1v) is 9.40. The van der Waals surface area contributed by atoms with Crippen LogP contribution in [0.25, 0.3) is 0 Å². The minimum absolute atomic E-state index is 0.0197. The Kier molecular flexibility index (Phi) is 6.96. The number of carbonyl (C=O) groups excluding carboxylic acids is 3. The highest BCUT2D eigenvalue weighted by Crippen LogP contribution is 2.11. The summed E-state index contributed by atoms with van der Waals surface area (Å²) in [6, 6.07) is 7.22. The summed E-state index contributed by atoms with van der Waals surface area (Å²) in [5, 5.41) is 5.04. The van der Waals surface area contributed by atoms with Crippen LogP contribution in [-0.2, 0) is 11.2 Å². The first kappa shape index (κ1) is 20.9. The van der Waals surface area contributed by atoms with Crippen molar-refractivity contribution in [3.05, 3.63) is 35.4 Å². The zero-order chi connectivity index (χ0) is 20.0. The summed E-state index contributed by atoms with van der Waals surface area (Å²) in [4.78, 5) is 40.1. The number of imide groups is 1. The van der Waals surface area contributed by atoms with E-state index in [0.29, 0.717) is 31.7 Å². The highest BCUT2D eigenvalue weighted by atomic mass is 16.2. The molecule has 0 spiro atoms. The number of urea groups is 1. The topological polar surface area (TPSA) is 81.8 Å². The fourth-order valence-corrected chi connectivity index (χ4v) is 2.92. The molecule has 2 N–H and O–H groups in total. The van der Waals surface area contributed by atoms with Crippen molar-refractivity contribution in [2.45, 2.75) is 39.7 Å². The van der Waals surface area contributed by atoms with Crippen LogP contribution in [0.5, 0.6) is 0 Å². The second-order valence-corrected chi connectivity index (χ2v) is 7.87. The Morgan fingerprint density at radius 3 is 2.11 bits per heavy atom. The minimum atomic E-state index is -0.489. The van der Waals surface area contributed by atoms with Crippen molar-refractivity contribution in [2.75, 3.05) is 32.7 Å². The highest BCUT2D eigenvalue weighted by Gasteiger charge is 2.24. The van der Waals surface area contributed by atoms with Crippen molar-refractivity contribution < 1.29 is 14.4 Å². The SMILES string of the molecule is CCc1ccc(C(=O)N2CCN(CC(=O)NC(=O)NC(C)(C)C)CC2)cc1. The van der Waals surface area contributed by atoms with Gasteiger partial charge in [0, 0.05) is 37.3 Å². The number of nitrogens with one attached hydrogen (secondary N) is 2. The lowest BCUT2D eigenvalue weighted by Crippen LogP contribution is -2.53. The molecule has 1 heterocycles. The Bertz CT molecular complexity index is 671. The Labute approximate surface area is 161 Å². The van der Waals surface area contributed by atoms with E-state index in [1.807, 2.05) is 54.8 Å². The van der Waals surface area contributed by atoms with Gasteiger partial charge in [0.05, 0.1) is 6.54 Å². The predicted molar refractivity (Wildman–Crippen MR) is 105 cm³/mol. The van der Waals surface area contributed by atoms with Gasteiger partial charge >= 0.3 is 6.03 Å². The van der Waals surface area contributed by atoms with E-state index in [1.165, 1.54) is 5.56 Å². The number of nitrogens with zero attached hydrogens (tertiary/aromatic N) is 2. The maximum absolute atomic E-state index is 12.6. The Morgan fingerprint density at radius 2 is 1.59 bits per heavy atom. The summed E-state index contributed by atoms with van der Waals surface area (Å²) in [6.07, 6.45) is 0.947. The van der Waals surface area contributed by atoms with Crippen molar-refractivity contribution in [3.63, 3.8) is 0 Å². The Morgan fingerprint density at radius 1 is 1.00 bits per heavy atom. The molecule has 1 aromatic carbocycles. The third-order valence-electron chi connectivity index (χ3n) is 4.38. The maximum Gasteiger partial charge on any atom is 0.321 e. The van der Waals surface area contributed by atoms with Crippen LogP contribution in [0, 0.1) is 0 Å². The Balaban J connectivity index is 1.78. The number of aryl methyl sites for hydroxylation is 1. The van der Waals surface area contributed by atoms with E-state index in [2.05, 4.69) is 17.6 Å². The van der Waals surface area contributed by atoms with Crippen LogP contribution in [-0.4, -0.2) is 65.9 Å². The number of rotatable bonds is 4. The molecule has 1 aromatic rings. The van der Waals surface area contributed by atoms with Crippen LogP contribution < -0.4 is 10.6 Å². The molecule has 0 bridgehead atoms. The van der Waals surface area contributed by atoms with Crippen LogP contribution in [0.4, 0.5) is 4.79 Å². The molecule has 0 aromatic heterocycles. The molecular formula is C20H30N4O3. The van der Waals surface area contributed by atoms with Crippen LogP contribution in [0.3, 0.4) is 0 Å². The lowest BCUT2D eigenvalue weighted by Gasteiger charge is -2.34. The number of benzene rings is 1. The molecule has 0 unspecified atom stereocenters. The van der Waals surface area contributed by atoms with Gasteiger partial charge in [-0.2, -0.15) is 0 Å². The van der Waals surface area contributed by atoms with Crippen molar-refractivity contribution in [2.24, 2.45) is 0 Å². The van der Waals surface area contributed by atoms with Gasteiger partial charge in [-0.25, -0.2) is 4.79 Å². The van der Waals surface area contributed by atoms with E-state index >= 15 is 0 Å². The molecule has 0 saturated carbocycles. The van der Waals surface area contributed by atoms with E-state index in [9.17, 15) is 14.4 Å². The van der Waals surface area contributed by atoms with Gasteiger partial charge in [0.1, 0.15) is 0 Å². The van der Waals surface area contributed by atoms with Crippen LogP contribution in [0.2, 0.25) is 0 Å². The Hall–Kier alpha value is -2.41. The normalized spacial score (nSPS) is 15.3. The van der Waals surface area contributed by atoms with Crippen LogP contribution in [0.1, 0.15) is 43.6 Å². The molecule has 27 heavy (non-hydrogen) atoms. The predicted octanol–water partition coefficient (Wildman–Crippen LogP) is 1.63. The number of piperazine rings is 1. The quantitative estimate of drug-likeness (QED) is 0.839. The van der Waals surface area contributed by atoms with Gasteiger partial charge in [0.15, 0.2) is 0 Å². The summed E-state index contributed by atoms with van der Waals surface area (Å²) < 4.78 is 0. The van der Waals surface area contributed by atoms with Gasteiger partial charge in [-0.05, 0) is 44.9 Å². The van der Waals surface area contributed by atoms with E-state index in [0.717, 1.165) is 6.42 Å². The molecule has 2 rings (SSSR count). The maximum atomic E-state index is 12.6. The third-order valence-corrected chi connectivity index (χ3v) is 4.38. The zero-order valence-corrected chi connectivity index (χ0v) is 16.7. The molecule has 0 aliphatic carbocycles. The van der Waals surface area contributed by atoms with Gasteiger partial charge in [-0.3, -0.25) is 19.8 Å². The number of hydrogen-bond donors (Lipinski definition) is 2. The molecule has 1 aliphatic heterocycles. The largest absolute Gasteiger partial charge is 0.336 e. The van der Waals surface area contributed by atoms with Gasteiger partial charge in [0.25, 0.3) is 5.91 Å². The third kappa shape index (κ3) is 6.67. The molecule has 1 fully saturated rings. The van der Waals surface area contributed by atoms with Crippen LogP contribution >= 0.6 is 0 Å². The molecule has 7 nitrogen and oxygen atoms in total. The number of amides is 4. The summed E-state index contributed by atoms with van der Waals surface area (Å²) in [6.45, 7) is 10.1. The number of hydrogen-bond acceptors (Lipinski definition) is 4. The fraction of sp³-hybridized carbons (Fsp3) is 0.550. The highest BCUT2D eigenvalue weighted by molar-refractivity contribution is 5.95. The van der Waals surface area contributed by atoms with Gasteiger partial charge in [-0.1, -0.05) is 19.1 Å². The first-order chi connectivity index (χ1) is 12.7. The molecule has 7 heteroatoms. The van der Waals surface area contributed by atoms with Gasteiger partial charge < -0.3 is 10.2 Å². The fourth-order valence-electron chi connectivity index (χ4n) is 2.92. The van der Waals surface area contributed by atoms with Gasteiger partial charge in [0.2, 0.25) is 5.91 Å². The lowest BCUT2D eigenvalue weighted by molar-refractivity contribution is -0.121. The van der Waals surface area contributed by atoms with Crippen molar-refractivity contribution in [1.82, 2.24) is 20.4 Å². The first-order valence-electron chi connectivity index (χ1n) is 9.40. The lowest BCUT2D eigenvalue weighted by atomic mass is 10.1. The van der Waals surface area contributed by atoms with Gasteiger partial charge in [-0.15, -0.1) is 0 Å². The summed E-state index contributed by atoms with van der Waals surface area (Å²) in [5.41, 5.74) is 1.50. The van der Waals surface area contributed by atoms with Crippen molar-refractivity contribution >= 4 is 17.8 Å². The van der Waals surface area contributed by atoms with Crippen molar-refractivity contribution in [3.8, 4) is 0 Å². The minimum Gasteiger partial charge on any atom is -0.336 e. The summed E-state index contributed by atoms with van der Waals surface area (Å²) >= 11 is 0. The molecule has 0 atom stereocenters. The smallest absolute Gasteiger partial charge is 0.321 e. The average Bonchev–Trinajstić information content (AvgIpc) is 2.60. The molecule has 1 saturated heterocycles. The van der Waals surface area contributed by atoms with Crippen molar-refractivity contribution in [1.29, 1.82) is 0 Å². The molecular weight excluding hydrogens is 344 g/mol. The second-order valence-electron chi connectivity index (χ2n) is 7.87. The monoisotopic (exact) mass is 374 g/mol. The zero-order valence-electron chi connectivity index (χ0n) is 16.7. The van der Waals surface area contributed by atoms with E-state index in [1.54, 1.807) is 0 Å². The standard InChI is InChI=1S/C20H30N4O3/c1-5-15-6-8-16(9-7-15)18(26)24-12-10-23(11-13-24)14-17(25)21-19(27)22-20(2,3)4/h6-9H,5,10-14H2,1-4H3,(H2,21,22,25,27). The average molecular weight is 374 g/mol. The van der Waals surface area contributed by atoms with E-state index in [4.69, 9.17) is 0 Å². The van der Waals surface area contributed by atoms with E-state index in [-0.39, 0.29) is 18.4 Å². The summed E-state index contributed by atoms with van der Waals surface area (Å²) in [5.74, 6) is -0.321. The van der Waals surface area contributed by atoms with E-state index < -0.39 is 11.6 Å². The second kappa shape index (κ2) is 8.99.